The van der Waals surface area contributed by atoms with Crippen molar-refractivity contribution in [1.82, 2.24) is 19.8 Å². The summed E-state index contributed by atoms with van der Waals surface area (Å²) in [4.78, 5) is 7.07. The van der Waals surface area contributed by atoms with E-state index in [0.717, 1.165) is 10.8 Å². The zero-order chi connectivity index (χ0) is 16.7. The van der Waals surface area contributed by atoms with Crippen LogP contribution in [0.1, 0.15) is 54.8 Å². The molecule has 2 aromatic heterocycles. The number of nitrogens with one attached hydrogen (secondary N) is 1. The Hall–Kier alpha value is -1.88. The highest BCUT2D eigenvalue weighted by molar-refractivity contribution is 7.80. The molecule has 24 heavy (non-hydrogen) atoms. The minimum atomic E-state index is 0.104. The van der Waals surface area contributed by atoms with Crippen LogP contribution in [0.4, 0.5) is 0 Å². The lowest BCUT2D eigenvalue weighted by Gasteiger charge is -2.33. The van der Waals surface area contributed by atoms with Crippen molar-refractivity contribution < 1.29 is 0 Å². The maximum absolute atomic E-state index is 5.76. The van der Waals surface area contributed by atoms with Crippen LogP contribution in [0.3, 0.4) is 0 Å². The molecule has 0 aromatic carbocycles. The molecule has 5 heteroatoms. The predicted octanol–water partition coefficient (Wildman–Crippen LogP) is 3.64. The van der Waals surface area contributed by atoms with Gasteiger partial charge in [-0.2, -0.15) is 0 Å². The second-order valence-corrected chi connectivity index (χ2v) is 7.32. The molecule has 1 aliphatic carbocycles. The summed E-state index contributed by atoms with van der Waals surface area (Å²) >= 11 is 5.76. The van der Waals surface area contributed by atoms with Gasteiger partial charge in [-0.1, -0.05) is 18.9 Å². The van der Waals surface area contributed by atoms with Crippen molar-refractivity contribution in [2.24, 2.45) is 7.05 Å². The van der Waals surface area contributed by atoms with E-state index in [1.54, 1.807) is 0 Å². The highest BCUT2D eigenvalue weighted by atomic mass is 32.1. The van der Waals surface area contributed by atoms with Gasteiger partial charge < -0.3 is 14.8 Å². The zero-order valence-electron chi connectivity index (χ0n) is 14.3. The molecule has 0 bridgehead atoms. The van der Waals surface area contributed by atoms with Crippen LogP contribution in [0.5, 0.6) is 0 Å². The number of nitrogens with zero attached hydrogens (tertiary/aromatic N) is 3. The summed E-state index contributed by atoms with van der Waals surface area (Å²) in [5, 5.41) is 4.44. The first kappa shape index (κ1) is 15.6. The fraction of sp³-hybridized carbons (Fsp3) is 0.474. The van der Waals surface area contributed by atoms with Crippen molar-refractivity contribution in [3.63, 3.8) is 0 Å². The van der Waals surface area contributed by atoms with E-state index in [1.165, 1.54) is 37.1 Å². The lowest BCUT2D eigenvalue weighted by molar-refractivity contribution is 0.238. The summed E-state index contributed by atoms with van der Waals surface area (Å²) < 4.78 is 2.29. The molecule has 126 valence electrons. The van der Waals surface area contributed by atoms with E-state index in [1.807, 2.05) is 12.3 Å². The van der Waals surface area contributed by atoms with Gasteiger partial charge in [0.25, 0.3) is 0 Å². The number of hydrogen-bond donors (Lipinski definition) is 1. The molecule has 2 fully saturated rings. The lowest BCUT2D eigenvalue weighted by atomic mass is 10.00. The fourth-order valence-corrected chi connectivity index (χ4v) is 4.58. The van der Waals surface area contributed by atoms with Gasteiger partial charge in [-0.05, 0) is 56.2 Å². The number of rotatable bonds is 3. The van der Waals surface area contributed by atoms with Gasteiger partial charge in [0.15, 0.2) is 5.11 Å². The second-order valence-electron chi connectivity index (χ2n) is 6.93. The van der Waals surface area contributed by atoms with Gasteiger partial charge in [-0.15, -0.1) is 0 Å². The molecule has 3 heterocycles. The third-order valence-corrected chi connectivity index (χ3v) is 5.90. The van der Waals surface area contributed by atoms with Crippen molar-refractivity contribution in [3.05, 3.63) is 53.6 Å². The SMILES string of the molecule is Cc1ccc([C@@H]2[C@@H](c3ccccn3)NC(=S)N2C2CCCC2)n1C. The number of pyridine rings is 1. The molecule has 0 unspecified atom stereocenters. The molecule has 1 N–H and O–H groups in total. The van der Waals surface area contributed by atoms with Gasteiger partial charge >= 0.3 is 0 Å². The Morgan fingerprint density at radius 2 is 1.96 bits per heavy atom. The summed E-state index contributed by atoms with van der Waals surface area (Å²) in [5.74, 6) is 0. The highest BCUT2D eigenvalue weighted by Gasteiger charge is 2.44. The molecule has 1 saturated heterocycles. The lowest BCUT2D eigenvalue weighted by Crippen LogP contribution is -2.38. The van der Waals surface area contributed by atoms with Crippen molar-refractivity contribution in [1.29, 1.82) is 0 Å². The monoisotopic (exact) mass is 340 g/mol. The number of aromatic nitrogens is 2. The van der Waals surface area contributed by atoms with E-state index in [-0.39, 0.29) is 12.1 Å². The van der Waals surface area contributed by atoms with Gasteiger partial charge in [0, 0.05) is 30.7 Å². The quantitative estimate of drug-likeness (QED) is 0.865. The molecule has 0 radical (unpaired) electrons. The van der Waals surface area contributed by atoms with Crippen molar-refractivity contribution >= 4 is 17.3 Å². The Bertz CT molecular complexity index is 733. The third kappa shape index (κ3) is 2.51. The van der Waals surface area contributed by atoms with E-state index >= 15 is 0 Å². The number of thiocarbonyl (C=S) groups is 1. The number of aryl methyl sites for hydroxylation is 1. The maximum Gasteiger partial charge on any atom is 0.170 e. The summed E-state index contributed by atoms with van der Waals surface area (Å²) in [6, 6.07) is 11.4. The molecule has 0 spiro atoms. The van der Waals surface area contributed by atoms with Crippen LogP contribution in [-0.4, -0.2) is 25.6 Å². The minimum absolute atomic E-state index is 0.104. The standard InChI is InChI=1S/C19H24N4S/c1-13-10-11-16(22(13)2)18-17(15-9-5-6-12-20-15)21-19(24)23(18)14-7-3-4-8-14/h5-6,9-12,14,17-18H,3-4,7-8H2,1-2H3,(H,21,24)/t17-,18-/m1/s1. The van der Waals surface area contributed by atoms with Crippen LogP contribution >= 0.6 is 12.2 Å². The smallest absolute Gasteiger partial charge is 0.170 e. The molecule has 2 aliphatic rings. The molecular formula is C19H24N4S. The van der Waals surface area contributed by atoms with E-state index in [9.17, 15) is 0 Å². The molecule has 0 amide bonds. The Morgan fingerprint density at radius 3 is 2.58 bits per heavy atom. The van der Waals surface area contributed by atoms with Gasteiger partial charge in [-0.3, -0.25) is 4.98 Å². The van der Waals surface area contributed by atoms with Gasteiger partial charge in [-0.25, -0.2) is 0 Å². The van der Waals surface area contributed by atoms with E-state index in [0.29, 0.717) is 6.04 Å². The van der Waals surface area contributed by atoms with Crippen LogP contribution in [0.15, 0.2) is 36.5 Å². The van der Waals surface area contributed by atoms with E-state index < -0.39 is 0 Å². The average Bonchev–Trinajstić information content (AvgIpc) is 3.29. The topological polar surface area (TPSA) is 33.1 Å². The van der Waals surface area contributed by atoms with Crippen LogP contribution in [-0.2, 0) is 7.05 Å². The van der Waals surface area contributed by atoms with Gasteiger partial charge in [0.05, 0.1) is 17.8 Å². The Morgan fingerprint density at radius 1 is 1.17 bits per heavy atom. The third-order valence-electron chi connectivity index (χ3n) is 5.57. The zero-order valence-corrected chi connectivity index (χ0v) is 15.1. The molecule has 2 aromatic rings. The average molecular weight is 340 g/mol. The maximum atomic E-state index is 5.76. The molecule has 4 nitrogen and oxygen atoms in total. The summed E-state index contributed by atoms with van der Waals surface area (Å²) in [5.41, 5.74) is 3.64. The Kier molecular flexibility index (Phi) is 4.04. The molecule has 4 rings (SSSR count). The fourth-order valence-electron chi connectivity index (χ4n) is 4.19. The molecule has 1 aliphatic heterocycles. The molecule has 1 saturated carbocycles. The summed E-state index contributed by atoms with van der Waals surface area (Å²) in [6.45, 7) is 2.15. The number of hydrogen-bond acceptors (Lipinski definition) is 2. The Labute approximate surface area is 148 Å². The van der Waals surface area contributed by atoms with Crippen LogP contribution in [0.25, 0.3) is 0 Å². The second kappa shape index (κ2) is 6.20. The normalized spacial score (nSPS) is 24.6. The van der Waals surface area contributed by atoms with Gasteiger partial charge in [0.1, 0.15) is 0 Å². The van der Waals surface area contributed by atoms with Crippen LogP contribution in [0.2, 0.25) is 0 Å². The first-order valence-electron chi connectivity index (χ1n) is 8.79. The van der Waals surface area contributed by atoms with Crippen molar-refractivity contribution in [2.75, 3.05) is 0 Å². The predicted molar refractivity (Wildman–Crippen MR) is 99.7 cm³/mol. The first-order valence-corrected chi connectivity index (χ1v) is 9.19. The van der Waals surface area contributed by atoms with Crippen LogP contribution < -0.4 is 5.32 Å². The molecule has 2 atom stereocenters. The molecular weight excluding hydrogens is 316 g/mol. The highest BCUT2D eigenvalue weighted by Crippen LogP contribution is 2.42. The first-order chi connectivity index (χ1) is 11.7. The van der Waals surface area contributed by atoms with E-state index in [4.69, 9.17) is 12.2 Å². The largest absolute Gasteiger partial charge is 0.352 e. The van der Waals surface area contributed by atoms with Crippen molar-refractivity contribution in [2.45, 2.75) is 50.7 Å². The van der Waals surface area contributed by atoms with Crippen LogP contribution in [0, 0.1) is 6.92 Å². The Balaban J connectivity index is 1.79. The summed E-state index contributed by atoms with van der Waals surface area (Å²) in [6.07, 6.45) is 6.94. The van der Waals surface area contributed by atoms with E-state index in [2.05, 4.69) is 58.0 Å². The van der Waals surface area contributed by atoms with Gasteiger partial charge in [0.2, 0.25) is 0 Å². The summed E-state index contributed by atoms with van der Waals surface area (Å²) in [7, 11) is 2.15. The van der Waals surface area contributed by atoms with Crippen molar-refractivity contribution in [3.8, 4) is 0 Å². The minimum Gasteiger partial charge on any atom is -0.352 e.